The zero-order valence-corrected chi connectivity index (χ0v) is 6.25. The Bertz CT molecular complexity index is 206. The van der Waals surface area contributed by atoms with Gasteiger partial charge in [0.25, 0.3) is 0 Å². The van der Waals surface area contributed by atoms with Crippen LogP contribution in [0.3, 0.4) is 0 Å². The molecule has 0 bridgehead atoms. The monoisotopic (exact) mass is 132 g/mol. The fourth-order valence-electron chi connectivity index (χ4n) is 1.71. The number of hydrogen-bond donors (Lipinski definition) is 0. The maximum Gasteiger partial charge on any atom is 0.0136 e. The second kappa shape index (κ2) is 1.85. The van der Waals surface area contributed by atoms with Gasteiger partial charge in [0.1, 0.15) is 0 Å². The van der Waals surface area contributed by atoms with E-state index >= 15 is 0 Å². The summed E-state index contributed by atoms with van der Waals surface area (Å²) in [5.41, 5.74) is 0.465. The van der Waals surface area contributed by atoms with E-state index in [1.54, 1.807) is 0 Å². The van der Waals surface area contributed by atoms with E-state index in [2.05, 4.69) is 43.4 Å². The van der Waals surface area contributed by atoms with Gasteiger partial charge in [-0.15, -0.1) is 0 Å². The molecule has 0 aliphatic heterocycles. The van der Waals surface area contributed by atoms with E-state index in [1.165, 1.54) is 6.42 Å². The van der Waals surface area contributed by atoms with Crippen molar-refractivity contribution < 1.29 is 0 Å². The maximum atomic E-state index is 2.32. The highest BCUT2D eigenvalue weighted by molar-refractivity contribution is 5.36. The lowest BCUT2D eigenvalue weighted by atomic mass is 10.1. The Balaban J connectivity index is 2.12. The molecule has 0 aromatic heterocycles. The molecule has 1 saturated carbocycles. The molecule has 0 heteroatoms. The highest BCUT2D eigenvalue weighted by atomic mass is 14.5. The van der Waals surface area contributed by atoms with Gasteiger partial charge in [-0.05, 0) is 19.3 Å². The van der Waals surface area contributed by atoms with Crippen LogP contribution in [0.15, 0.2) is 36.5 Å². The summed E-state index contributed by atoms with van der Waals surface area (Å²) < 4.78 is 0. The minimum atomic E-state index is 0.465. The van der Waals surface area contributed by atoms with Gasteiger partial charge in [0.05, 0.1) is 0 Å². The summed E-state index contributed by atoms with van der Waals surface area (Å²) in [4.78, 5) is 0. The van der Waals surface area contributed by atoms with Crippen molar-refractivity contribution in [2.24, 2.45) is 11.3 Å². The molecule has 0 amide bonds. The fraction of sp³-hybridized carbons (Fsp3) is 0.400. The van der Waals surface area contributed by atoms with Crippen LogP contribution in [0.5, 0.6) is 0 Å². The average molecular weight is 132 g/mol. The second-order valence-electron chi connectivity index (χ2n) is 3.17. The lowest BCUT2D eigenvalue weighted by molar-refractivity contribution is 0.803. The first-order chi connectivity index (χ1) is 4.87. The smallest absolute Gasteiger partial charge is 0.0136 e. The highest BCUT2D eigenvalue weighted by Gasteiger charge is 2.48. The van der Waals surface area contributed by atoms with E-state index in [0.717, 1.165) is 5.92 Å². The molecule has 0 aromatic rings. The molecule has 1 unspecified atom stereocenters. The summed E-state index contributed by atoms with van der Waals surface area (Å²) in [5.74, 6) is 0.799. The van der Waals surface area contributed by atoms with Gasteiger partial charge in [-0.3, -0.25) is 0 Å². The molecule has 1 spiro atoms. The summed E-state index contributed by atoms with van der Waals surface area (Å²) in [6.45, 7) is 2.09. The van der Waals surface area contributed by atoms with E-state index in [1.807, 2.05) is 0 Å². The van der Waals surface area contributed by atoms with Gasteiger partial charge < -0.3 is 0 Å². The van der Waals surface area contributed by atoms with Crippen molar-refractivity contribution in [2.45, 2.75) is 13.3 Å². The first kappa shape index (κ1) is 5.96. The van der Waals surface area contributed by atoms with Gasteiger partial charge in [0.2, 0.25) is 0 Å². The van der Waals surface area contributed by atoms with E-state index in [-0.39, 0.29) is 0 Å². The zero-order chi connectivity index (χ0) is 7.03. The Morgan fingerprint density at radius 3 is 2.70 bits per heavy atom. The Labute approximate surface area is 61.9 Å². The molecular weight excluding hydrogens is 120 g/mol. The SMILES string of the molecule is CC=CC1CC12C=CC=C2. The molecule has 0 nitrogen and oxygen atoms in total. The number of allylic oxidation sites excluding steroid dienone is 6. The minimum absolute atomic E-state index is 0.465. The molecule has 2 aliphatic rings. The molecule has 0 radical (unpaired) electrons. The van der Waals surface area contributed by atoms with Crippen molar-refractivity contribution in [2.75, 3.05) is 0 Å². The molecule has 2 rings (SSSR count). The van der Waals surface area contributed by atoms with Crippen LogP contribution >= 0.6 is 0 Å². The van der Waals surface area contributed by atoms with Crippen LogP contribution in [-0.4, -0.2) is 0 Å². The molecule has 0 aromatic carbocycles. The Morgan fingerprint density at radius 2 is 2.10 bits per heavy atom. The van der Waals surface area contributed by atoms with Crippen molar-refractivity contribution in [1.82, 2.24) is 0 Å². The van der Waals surface area contributed by atoms with Crippen LogP contribution in [0, 0.1) is 11.3 Å². The van der Waals surface area contributed by atoms with Crippen LogP contribution in [0.1, 0.15) is 13.3 Å². The van der Waals surface area contributed by atoms with E-state index in [9.17, 15) is 0 Å². The summed E-state index contributed by atoms with van der Waals surface area (Å²) in [6.07, 6.45) is 14.7. The fourth-order valence-corrected chi connectivity index (χ4v) is 1.71. The summed E-state index contributed by atoms with van der Waals surface area (Å²) >= 11 is 0. The third-order valence-corrected chi connectivity index (χ3v) is 2.45. The van der Waals surface area contributed by atoms with E-state index in [4.69, 9.17) is 0 Å². The molecule has 0 saturated heterocycles. The van der Waals surface area contributed by atoms with E-state index < -0.39 is 0 Å². The topological polar surface area (TPSA) is 0 Å². The predicted molar refractivity (Wildman–Crippen MR) is 43.6 cm³/mol. The predicted octanol–water partition coefficient (Wildman–Crippen LogP) is 2.69. The minimum Gasteiger partial charge on any atom is -0.0913 e. The van der Waals surface area contributed by atoms with Gasteiger partial charge in [-0.2, -0.15) is 0 Å². The first-order valence-electron chi connectivity index (χ1n) is 3.87. The Kier molecular flexibility index (Phi) is 1.10. The van der Waals surface area contributed by atoms with Crippen molar-refractivity contribution in [1.29, 1.82) is 0 Å². The van der Waals surface area contributed by atoms with Crippen molar-refractivity contribution in [3.05, 3.63) is 36.5 Å². The molecule has 0 heterocycles. The van der Waals surface area contributed by atoms with Gasteiger partial charge in [0, 0.05) is 5.41 Å². The molecule has 1 fully saturated rings. The molecular formula is C10H12. The van der Waals surface area contributed by atoms with Gasteiger partial charge in [0.15, 0.2) is 0 Å². The summed E-state index contributed by atoms with van der Waals surface area (Å²) in [6, 6.07) is 0. The molecule has 1 atom stereocenters. The zero-order valence-electron chi connectivity index (χ0n) is 6.25. The summed E-state index contributed by atoms with van der Waals surface area (Å²) in [7, 11) is 0. The van der Waals surface area contributed by atoms with Crippen molar-refractivity contribution in [3.8, 4) is 0 Å². The van der Waals surface area contributed by atoms with Crippen LogP contribution in [-0.2, 0) is 0 Å². The first-order valence-corrected chi connectivity index (χ1v) is 3.87. The Hall–Kier alpha value is -0.780. The van der Waals surface area contributed by atoms with Crippen LogP contribution in [0.25, 0.3) is 0 Å². The van der Waals surface area contributed by atoms with Crippen LogP contribution < -0.4 is 0 Å². The second-order valence-corrected chi connectivity index (χ2v) is 3.17. The molecule has 52 valence electrons. The van der Waals surface area contributed by atoms with Gasteiger partial charge in [-0.25, -0.2) is 0 Å². The molecule has 2 aliphatic carbocycles. The Morgan fingerprint density at radius 1 is 1.40 bits per heavy atom. The third-order valence-electron chi connectivity index (χ3n) is 2.45. The van der Waals surface area contributed by atoms with Crippen molar-refractivity contribution in [3.63, 3.8) is 0 Å². The molecule has 10 heavy (non-hydrogen) atoms. The van der Waals surface area contributed by atoms with Gasteiger partial charge in [-0.1, -0.05) is 36.5 Å². The quantitative estimate of drug-likeness (QED) is 0.481. The third kappa shape index (κ3) is 0.683. The standard InChI is InChI=1S/C10H12/c1-2-5-9-8-10(9)6-3-4-7-10/h2-7,9H,8H2,1H3. The molecule has 0 N–H and O–H groups in total. The van der Waals surface area contributed by atoms with Crippen LogP contribution in [0.4, 0.5) is 0 Å². The normalized spacial score (nSPS) is 32.7. The largest absolute Gasteiger partial charge is 0.0913 e. The lowest BCUT2D eigenvalue weighted by Gasteiger charge is -1.97. The number of hydrogen-bond acceptors (Lipinski definition) is 0. The maximum absolute atomic E-state index is 2.32. The average Bonchev–Trinajstić information content (AvgIpc) is 2.43. The van der Waals surface area contributed by atoms with Crippen LogP contribution in [0.2, 0.25) is 0 Å². The number of rotatable bonds is 1. The highest BCUT2D eigenvalue weighted by Crippen LogP contribution is 2.57. The van der Waals surface area contributed by atoms with E-state index in [0.29, 0.717) is 5.41 Å². The lowest BCUT2D eigenvalue weighted by Crippen LogP contribution is -1.88. The van der Waals surface area contributed by atoms with Crippen molar-refractivity contribution >= 4 is 0 Å². The van der Waals surface area contributed by atoms with Gasteiger partial charge >= 0.3 is 0 Å². The summed E-state index contributed by atoms with van der Waals surface area (Å²) in [5, 5.41) is 0.